The van der Waals surface area contributed by atoms with Crippen molar-refractivity contribution in [2.75, 3.05) is 0 Å². The summed E-state index contributed by atoms with van der Waals surface area (Å²) in [6.45, 7) is 0. The smallest absolute Gasteiger partial charge is 0.00141 e. The molecule has 0 saturated carbocycles. The number of rotatable bonds is 3. The molecule has 0 aliphatic carbocycles. The van der Waals surface area contributed by atoms with Gasteiger partial charge in [-0.3, -0.25) is 0 Å². The predicted molar refractivity (Wildman–Crippen MR) is 208 cm³/mol. The largest absolute Gasteiger partial charge is 0.0622 e. The first-order valence-corrected chi connectivity index (χ1v) is 16.7. The maximum atomic E-state index is 2.43. The van der Waals surface area contributed by atoms with Gasteiger partial charge in [-0.2, -0.15) is 0 Å². The van der Waals surface area contributed by atoms with Crippen LogP contribution in [0.5, 0.6) is 0 Å². The molecule has 0 unspecified atom stereocenters. The van der Waals surface area contributed by atoms with Crippen molar-refractivity contribution in [3.05, 3.63) is 182 Å². The Morgan fingerprint density at radius 1 is 0.208 bits per heavy atom. The molecule has 0 bridgehead atoms. The summed E-state index contributed by atoms with van der Waals surface area (Å²) in [7, 11) is 0. The van der Waals surface area contributed by atoms with Crippen LogP contribution in [0.1, 0.15) is 0 Å². The third kappa shape index (κ3) is 4.10. The maximum absolute atomic E-state index is 2.43. The van der Waals surface area contributed by atoms with Crippen LogP contribution in [0.3, 0.4) is 0 Å². The molecule has 10 aromatic rings. The highest BCUT2D eigenvalue weighted by Gasteiger charge is 2.21. The minimum absolute atomic E-state index is 1.22. The zero-order valence-corrected chi connectivity index (χ0v) is 26.3. The number of benzene rings is 10. The fourth-order valence-electron chi connectivity index (χ4n) is 8.01. The molecule has 0 fully saturated rings. The second-order valence-corrected chi connectivity index (χ2v) is 12.8. The summed E-state index contributed by atoms with van der Waals surface area (Å²) in [5.74, 6) is 0. The molecule has 0 heteroatoms. The maximum Gasteiger partial charge on any atom is -0.00141 e. The van der Waals surface area contributed by atoms with Gasteiger partial charge >= 0.3 is 0 Å². The van der Waals surface area contributed by atoms with E-state index < -0.39 is 0 Å². The van der Waals surface area contributed by atoms with Crippen molar-refractivity contribution in [2.45, 2.75) is 0 Å². The molecular formula is C48H30. The summed E-state index contributed by atoms with van der Waals surface area (Å²) < 4.78 is 0. The Hall–Kier alpha value is -6.24. The summed E-state index contributed by atoms with van der Waals surface area (Å²) in [6, 6.07) is 67.2. The van der Waals surface area contributed by atoms with E-state index in [1.807, 2.05) is 0 Å². The third-order valence-electron chi connectivity index (χ3n) is 10.2. The monoisotopic (exact) mass is 606 g/mol. The molecule has 0 aromatic heterocycles. The molecule has 10 aromatic carbocycles. The van der Waals surface area contributed by atoms with Crippen molar-refractivity contribution in [1.82, 2.24) is 0 Å². The molecular weight excluding hydrogens is 577 g/mol. The van der Waals surface area contributed by atoms with E-state index in [9.17, 15) is 0 Å². The molecule has 0 radical (unpaired) electrons. The molecule has 10 rings (SSSR count). The molecule has 48 heavy (non-hydrogen) atoms. The average Bonchev–Trinajstić information content (AvgIpc) is 3.17. The zero-order chi connectivity index (χ0) is 31.6. The van der Waals surface area contributed by atoms with Crippen LogP contribution in [0.25, 0.3) is 98.0 Å². The molecule has 0 aliphatic heterocycles. The number of fused-ring (bicyclic) bond motifs is 9. The van der Waals surface area contributed by atoms with Crippen molar-refractivity contribution in [2.24, 2.45) is 0 Å². The van der Waals surface area contributed by atoms with E-state index in [2.05, 4.69) is 182 Å². The van der Waals surface area contributed by atoms with Crippen molar-refractivity contribution in [1.29, 1.82) is 0 Å². The normalized spacial score (nSPS) is 11.8. The van der Waals surface area contributed by atoms with Crippen molar-refractivity contribution < 1.29 is 0 Å². The van der Waals surface area contributed by atoms with Gasteiger partial charge < -0.3 is 0 Å². The van der Waals surface area contributed by atoms with Crippen LogP contribution in [-0.2, 0) is 0 Å². The van der Waals surface area contributed by atoms with Crippen LogP contribution in [0.2, 0.25) is 0 Å². The van der Waals surface area contributed by atoms with Gasteiger partial charge in [0.2, 0.25) is 0 Å². The van der Waals surface area contributed by atoms with Gasteiger partial charge in [0.15, 0.2) is 0 Å². The Bertz CT molecular complexity index is 2880. The summed E-state index contributed by atoms with van der Waals surface area (Å²) in [5.41, 5.74) is 7.50. The van der Waals surface area contributed by atoms with Gasteiger partial charge in [-0.1, -0.05) is 170 Å². The quantitative estimate of drug-likeness (QED) is 0.139. The van der Waals surface area contributed by atoms with E-state index in [1.54, 1.807) is 0 Å². The summed E-state index contributed by atoms with van der Waals surface area (Å²) in [6.07, 6.45) is 0. The van der Waals surface area contributed by atoms with Gasteiger partial charge in [-0.25, -0.2) is 0 Å². The fourth-order valence-corrected chi connectivity index (χ4v) is 8.01. The second kappa shape index (κ2) is 10.7. The first-order valence-electron chi connectivity index (χ1n) is 16.7. The van der Waals surface area contributed by atoms with Gasteiger partial charge in [-0.15, -0.1) is 0 Å². The van der Waals surface area contributed by atoms with Crippen LogP contribution in [0, 0.1) is 0 Å². The molecule has 0 amide bonds. The van der Waals surface area contributed by atoms with Gasteiger partial charge in [0, 0.05) is 0 Å². The van der Waals surface area contributed by atoms with E-state index in [1.165, 1.54) is 98.0 Å². The van der Waals surface area contributed by atoms with Gasteiger partial charge in [0.1, 0.15) is 0 Å². The minimum atomic E-state index is 1.22. The third-order valence-corrected chi connectivity index (χ3v) is 10.2. The number of hydrogen-bond donors (Lipinski definition) is 0. The van der Waals surface area contributed by atoms with Crippen LogP contribution in [-0.4, -0.2) is 0 Å². The Kier molecular flexibility index (Phi) is 5.98. The SMILES string of the molecule is c1ccc(-c2cccc(-c3c4ccc5ccccc5c4c(-c4ccc5ccc6ccccc6c5c4)c4ccc5ccccc5c34)c2)cc1. The molecule has 0 nitrogen and oxygen atoms in total. The van der Waals surface area contributed by atoms with Crippen molar-refractivity contribution in [3.63, 3.8) is 0 Å². The van der Waals surface area contributed by atoms with Crippen molar-refractivity contribution in [3.8, 4) is 33.4 Å². The Morgan fingerprint density at radius 2 is 0.646 bits per heavy atom. The highest BCUT2D eigenvalue weighted by Crippen LogP contribution is 2.49. The van der Waals surface area contributed by atoms with Crippen LogP contribution >= 0.6 is 0 Å². The van der Waals surface area contributed by atoms with Crippen molar-refractivity contribution >= 4 is 64.6 Å². The predicted octanol–water partition coefficient (Wildman–Crippen LogP) is 13.6. The first-order chi connectivity index (χ1) is 23.8. The highest BCUT2D eigenvalue weighted by molar-refractivity contribution is 6.32. The van der Waals surface area contributed by atoms with Gasteiger partial charge in [-0.05, 0) is 110 Å². The number of hydrogen-bond acceptors (Lipinski definition) is 0. The average molecular weight is 607 g/mol. The highest BCUT2D eigenvalue weighted by atomic mass is 14.2. The van der Waals surface area contributed by atoms with E-state index in [0.717, 1.165) is 0 Å². The second-order valence-electron chi connectivity index (χ2n) is 12.8. The van der Waals surface area contributed by atoms with E-state index in [4.69, 9.17) is 0 Å². The standard InChI is InChI=1S/C48H30/c1-2-11-31(12-3-1)36-16-10-17-37(29-36)45-42-27-25-34-15-6-9-20-41(34)48(42)46(43-28-26-33-14-5-8-19-40(33)47(43)45)38-24-23-35-22-21-32-13-4-7-18-39(32)44(35)30-38/h1-30H. The zero-order valence-electron chi connectivity index (χ0n) is 26.3. The topological polar surface area (TPSA) is 0 Å². The molecule has 0 atom stereocenters. The van der Waals surface area contributed by atoms with E-state index in [-0.39, 0.29) is 0 Å². The first kappa shape index (κ1) is 26.9. The molecule has 222 valence electrons. The fraction of sp³-hybridized carbons (Fsp3) is 0. The summed E-state index contributed by atoms with van der Waals surface area (Å²) >= 11 is 0. The van der Waals surface area contributed by atoms with Crippen LogP contribution in [0.4, 0.5) is 0 Å². The minimum Gasteiger partial charge on any atom is -0.0622 e. The van der Waals surface area contributed by atoms with Crippen LogP contribution < -0.4 is 0 Å². The molecule has 0 heterocycles. The van der Waals surface area contributed by atoms with Crippen LogP contribution in [0.15, 0.2) is 182 Å². The van der Waals surface area contributed by atoms with Gasteiger partial charge in [0.05, 0.1) is 0 Å². The lowest BCUT2D eigenvalue weighted by molar-refractivity contribution is 1.61. The Morgan fingerprint density at radius 3 is 1.29 bits per heavy atom. The Balaban J connectivity index is 1.41. The van der Waals surface area contributed by atoms with Gasteiger partial charge in [0.25, 0.3) is 0 Å². The van der Waals surface area contributed by atoms with E-state index in [0.29, 0.717) is 0 Å². The summed E-state index contributed by atoms with van der Waals surface area (Å²) in [5, 5.41) is 15.3. The van der Waals surface area contributed by atoms with E-state index >= 15 is 0 Å². The Labute approximate surface area is 279 Å². The molecule has 0 N–H and O–H groups in total. The summed E-state index contributed by atoms with van der Waals surface area (Å²) in [4.78, 5) is 0. The molecule has 0 aliphatic rings. The lowest BCUT2D eigenvalue weighted by Crippen LogP contribution is -1.94. The molecule has 0 spiro atoms. The lowest BCUT2D eigenvalue weighted by Gasteiger charge is -2.21. The lowest BCUT2D eigenvalue weighted by atomic mass is 9.81. The molecule has 0 saturated heterocycles.